The van der Waals surface area contributed by atoms with E-state index >= 15 is 0 Å². The van der Waals surface area contributed by atoms with Crippen LogP contribution in [-0.4, -0.2) is 56.4 Å². The molecule has 2 rings (SSSR count). The fourth-order valence-electron chi connectivity index (χ4n) is 5.08. The van der Waals surface area contributed by atoms with Gasteiger partial charge in [0.1, 0.15) is 18.6 Å². The largest absolute Gasteiger partial charge is 0.784 e. The molecule has 0 N–H and O–H groups in total. The molecule has 0 bridgehead atoms. The number of piperidine rings is 2. The first-order valence-corrected chi connectivity index (χ1v) is 10.3. The zero-order valence-corrected chi connectivity index (χ0v) is 19.0. The van der Waals surface area contributed by atoms with Crippen LogP contribution in [0.4, 0.5) is 0 Å². The van der Waals surface area contributed by atoms with Gasteiger partial charge in [-0.25, -0.2) is 0 Å². The van der Waals surface area contributed by atoms with Gasteiger partial charge in [-0.1, -0.05) is 22.3 Å². The molecule has 0 radical (unpaired) electrons. The molecule has 0 aromatic rings. The summed E-state index contributed by atoms with van der Waals surface area (Å²) in [5.41, 5.74) is -2.62. The average Bonchev–Trinajstić information content (AvgIpc) is 2.48. The highest BCUT2D eigenvalue weighted by Crippen LogP contribution is 2.40. The molecule has 0 aromatic carbocycles. The Bertz CT molecular complexity index is 554. The maximum absolute atomic E-state index is 12.4. The third kappa shape index (κ3) is 7.40. The topological polar surface area (TPSA) is 105 Å². The van der Waals surface area contributed by atoms with Crippen LogP contribution in [0.15, 0.2) is 0 Å². The van der Waals surface area contributed by atoms with Gasteiger partial charge in [0.15, 0.2) is 0 Å². The van der Waals surface area contributed by atoms with Crippen LogP contribution >= 0.6 is 0 Å². The first-order valence-electron chi connectivity index (χ1n) is 10.3. The minimum Gasteiger partial charge on any atom is -0.784 e. The number of carbonyl (C=O) groups is 2. The number of ether oxygens (including phenoxy) is 2. The van der Waals surface area contributed by atoms with Crippen molar-refractivity contribution in [3.8, 4) is 0 Å². The van der Waals surface area contributed by atoms with Crippen molar-refractivity contribution in [2.24, 2.45) is 0 Å². The minimum absolute atomic E-state index is 0. The molecular weight excluding hydrogens is 412 g/mol. The van der Waals surface area contributed by atoms with Crippen LogP contribution < -0.4 is 0 Å². The minimum atomic E-state index is -0.656. The quantitative estimate of drug-likeness (QED) is 0.405. The zero-order chi connectivity index (χ0) is 22.4. The summed E-state index contributed by atoms with van der Waals surface area (Å²) in [5.74, 6) is -1.29. The van der Waals surface area contributed by atoms with Gasteiger partial charge in [-0.3, -0.25) is 9.59 Å². The lowest BCUT2D eigenvalue weighted by Gasteiger charge is -2.59. The van der Waals surface area contributed by atoms with E-state index in [0.717, 1.165) is 10.1 Å². The monoisotopic (exact) mass is 460 g/mol. The third-order valence-electron chi connectivity index (χ3n) is 5.99. The van der Waals surface area contributed by atoms with Crippen molar-refractivity contribution < 1.29 is 19.1 Å². The second-order valence-corrected chi connectivity index (χ2v) is 11.1. The fraction of sp³-hybridized carbons (Fsp3) is 0.917. The number of hydrogen-bond acceptors (Lipinski definition) is 8. The summed E-state index contributed by atoms with van der Waals surface area (Å²) in [5, 5.41) is 26.9. The predicted octanol–water partition coefficient (Wildman–Crippen LogP) is 5.41. The summed E-state index contributed by atoms with van der Waals surface area (Å²) in [4.78, 5) is 24.6. The van der Waals surface area contributed by atoms with E-state index in [1.807, 2.05) is 55.4 Å². The summed E-state index contributed by atoms with van der Waals surface area (Å²) >= 11 is 0. The summed E-state index contributed by atoms with van der Waals surface area (Å²) in [6, 6.07) is 0. The molecule has 0 aromatic heterocycles. The molecule has 2 heterocycles. The summed E-state index contributed by atoms with van der Waals surface area (Å²) in [6.45, 7) is 14.6. The molecule has 0 amide bonds. The Hall–Kier alpha value is -1.22. The number of hydrogen-bond donors (Lipinski definition) is 0. The molecule has 8 nitrogen and oxygen atoms in total. The van der Waals surface area contributed by atoms with Crippen molar-refractivity contribution in [1.29, 1.82) is 0 Å². The number of nitrogens with zero attached hydrogens (tertiary/aromatic N) is 2. The second kappa shape index (κ2) is 10.8. The lowest BCUT2D eigenvalue weighted by Crippen LogP contribution is -2.59. The summed E-state index contributed by atoms with van der Waals surface area (Å²) in [7, 11) is 0. The Labute approximate surface area is 196 Å². The number of hydroxylamine groups is 4. The maximum Gasteiger partial charge on any atom is 0.317 e. The van der Waals surface area contributed by atoms with Gasteiger partial charge in [-0.2, -0.15) is 0 Å². The van der Waals surface area contributed by atoms with Crippen molar-refractivity contribution in [2.45, 2.75) is 144 Å². The van der Waals surface area contributed by atoms with E-state index in [1.165, 1.54) is 0 Å². The summed E-state index contributed by atoms with van der Waals surface area (Å²) < 4.78 is 11.0. The van der Waals surface area contributed by atoms with E-state index in [0.29, 0.717) is 25.7 Å². The second-order valence-electron chi connectivity index (χ2n) is 11.1. The number of carbonyl (C=O) groups excluding carboxylic acids is 2. The fourth-order valence-corrected chi connectivity index (χ4v) is 5.08. The van der Waals surface area contributed by atoms with Crippen LogP contribution in [0.2, 0.25) is 0 Å². The molecule has 2 saturated heterocycles. The van der Waals surface area contributed by atoms with Gasteiger partial charge >= 0.3 is 11.9 Å². The smallest absolute Gasteiger partial charge is 0.317 e. The standard InChI is InChI=1S/C21H36N2O6.3CH4/c1-18(2)10-14(11-19(3,4)22(18)26)28-16(24)9-17(25)29-15-12-20(5,6)23(27)21(7,8)13-15;;;/h14-15H,9-13H2,1-8H3;3*1H4/q-2;;;. The lowest BCUT2D eigenvalue weighted by molar-refractivity contribution is -0.168. The highest BCUT2D eigenvalue weighted by Gasteiger charge is 2.43. The molecule has 0 atom stereocenters. The number of esters is 2. The van der Waals surface area contributed by atoms with E-state index in [4.69, 9.17) is 9.47 Å². The maximum atomic E-state index is 12.4. The van der Waals surface area contributed by atoms with Crippen molar-refractivity contribution >= 4 is 11.9 Å². The van der Waals surface area contributed by atoms with Crippen LogP contribution in [0.25, 0.3) is 0 Å². The molecule has 0 unspecified atom stereocenters. The Morgan fingerprint density at radius 2 is 0.875 bits per heavy atom. The Balaban J connectivity index is 0. The van der Waals surface area contributed by atoms with Crippen molar-refractivity contribution in [3.05, 3.63) is 10.4 Å². The molecule has 32 heavy (non-hydrogen) atoms. The molecule has 0 saturated carbocycles. The van der Waals surface area contributed by atoms with Crippen LogP contribution in [-0.2, 0) is 19.1 Å². The van der Waals surface area contributed by atoms with Gasteiger partial charge in [0.05, 0.1) is 0 Å². The number of rotatable bonds is 4. The molecule has 2 aliphatic heterocycles. The Kier molecular flexibility index (Phi) is 11.1. The van der Waals surface area contributed by atoms with Crippen LogP contribution in [0.1, 0.15) is 110 Å². The van der Waals surface area contributed by atoms with Gasteiger partial charge in [0, 0.05) is 47.8 Å². The molecule has 2 aliphatic rings. The lowest BCUT2D eigenvalue weighted by atomic mass is 9.80. The van der Waals surface area contributed by atoms with Gasteiger partial charge < -0.3 is 30.0 Å². The van der Waals surface area contributed by atoms with Crippen molar-refractivity contribution in [2.75, 3.05) is 0 Å². The van der Waals surface area contributed by atoms with Crippen LogP contribution in [0.3, 0.4) is 0 Å². The predicted molar refractivity (Wildman–Crippen MR) is 130 cm³/mol. The SMILES string of the molecule is C.C.C.CC1(C)CC(OC(=O)CC(=O)OC2CC(C)(C)N([O-])C(C)(C)C2)CC(C)(C)N1[O-]. The zero-order valence-electron chi connectivity index (χ0n) is 19.0. The van der Waals surface area contributed by atoms with Crippen molar-refractivity contribution in [3.63, 3.8) is 0 Å². The highest BCUT2D eigenvalue weighted by atomic mass is 16.6. The molecule has 8 heteroatoms. The average molecular weight is 461 g/mol. The first kappa shape index (κ1) is 33.0. The van der Waals surface area contributed by atoms with Crippen molar-refractivity contribution in [1.82, 2.24) is 10.1 Å². The first-order chi connectivity index (χ1) is 13.0. The Morgan fingerprint density at radius 3 is 1.09 bits per heavy atom. The molecule has 0 spiro atoms. The third-order valence-corrected chi connectivity index (χ3v) is 5.99. The van der Waals surface area contributed by atoms with E-state index in [1.54, 1.807) is 0 Å². The van der Waals surface area contributed by atoms with Crippen LogP contribution in [0.5, 0.6) is 0 Å². The normalized spacial score (nSPS) is 24.8. The van der Waals surface area contributed by atoms with Gasteiger partial charge in [0.2, 0.25) is 0 Å². The van der Waals surface area contributed by atoms with E-state index in [9.17, 15) is 20.0 Å². The van der Waals surface area contributed by atoms with Crippen LogP contribution in [0, 0.1) is 10.4 Å². The van der Waals surface area contributed by atoms with Gasteiger partial charge in [-0.15, -0.1) is 0 Å². The van der Waals surface area contributed by atoms with E-state index in [-0.39, 0.29) is 22.3 Å². The highest BCUT2D eigenvalue weighted by molar-refractivity contribution is 5.91. The molecule has 0 aliphatic carbocycles. The molecular formula is C24H48N2O6-2. The van der Waals surface area contributed by atoms with E-state index < -0.39 is 52.7 Å². The Morgan fingerprint density at radius 1 is 0.656 bits per heavy atom. The molecule has 2 fully saturated rings. The van der Waals surface area contributed by atoms with Gasteiger partial charge in [0.25, 0.3) is 0 Å². The van der Waals surface area contributed by atoms with Gasteiger partial charge in [-0.05, 0) is 55.4 Å². The summed E-state index contributed by atoms with van der Waals surface area (Å²) in [6.07, 6.45) is 0.308. The van der Waals surface area contributed by atoms with E-state index in [2.05, 4.69) is 0 Å². The molecule has 192 valence electrons.